The maximum Gasteiger partial charge on any atom is 0.120 e. The van der Waals surface area contributed by atoms with Crippen molar-refractivity contribution >= 4 is 17.3 Å². The lowest BCUT2D eigenvalue weighted by Gasteiger charge is -2.05. The number of alkyl halides is 1. The Morgan fingerprint density at radius 3 is 2.93 bits per heavy atom. The molecule has 0 fully saturated rings. The Hall–Kier alpha value is -1.40. The molecule has 74 valence electrons. The molecule has 0 saturated heterocycles. The van der Waals surface area contributed by atoms with Crippen LogP contribution in [0.25, 0.3) is 0 Å². The third kappa shape index (κ3) is 2.82. The molecule has 0 aliphatic rings. The van der Waals surface area contributed by atoms with E-state index < -0.39 is 0 Å². The van der Waals surface area contributed by atoms with Gasteiger partial charge in [0.1, 0.15) is 11.8 Å². The molecule has 1 aromatic rings. The monoisotopic (exact) mass is 210 g/mol. The van der Waals surface area contributed by atoms with Crippen LogP contribution < -0.4 is 10.5 Å². The standard InChI is InChI=1S/C10H11ClN2O/c11-4-1-5-14-9-2-3-10(13)8(6-9)7-12/h2-3,6H,1,4-5,13H2. The molecule has 14 heavy (non-hydrogen) atoms. The lowest BCUT2D eigenvalue weighted by Crippen LogP contribution is -1.99. The number of benzene rings is 1. The van der Waals surface area contributed by atoms with E-state index in [1.165, 1.54) is 0 Å². The quantitative estimate of drug-likeness (QED) is 0.471. The predicted octanol–water partition coefficient (Wildman–Crippen LogP) is 2.15. The first-order chi connectivity index (χ1) is 6.77. The molecular formula is C10H11ClN2O. The van der Waals surface area contributed by atoms with E-state index in [2.05, 4.69) is 0 Å². The number of rotatable bonds is 4. The Bertz CT molecular complexity index is 346. The van der Waals surface area contributed by atoms with Gasteiger partial charge < -0.3 is 10.5 Å². The van der Waals surface area contributed by atoms with Gasteiger partial charge in [0.25, 0.3) is 0 Å². The third-order valence-electron chi connectivity index (χ3n) is 1.69. The Morgan fingerprint density at radius 1 is 1.50 bits per heavy atom. The minimum atomic E-state index is 0.438. The first-order valence-corrected chi connectivity index (χ1v) is 4.79. The zero-order chi connectivity index (χ0) is 10.4. The fourth-order valence-corrected chi connectivity index (χ4v) is 1.08. The summed E-state index contributed by atoms with van der Waals surface area (Å²) in [5.41, 5.74) is 6.46. The molecule has 0 bridgehead atoms. The maximum absolute atomic E-state index is 8.71. The number of hydrogen-bond donors (Lipinski definition) is 1. The number of nitrogens with zero attached hydrogens (tertiary/aromatic N) is 1. The van der Waals surface area contributed by atoms with E-state index in [-0.39, 0.29) is 0 Å². The summed E-state index contributed by atoms with van der Waals surface area (Å²) in [6.45, 7) is 0.554. The van der Waals surface area contributed by atoms with Crippen LogP contribution in [0.4, 0.5) is 5.69 Å². The van der Waals surface area contributed by atoms with Crippen LogP contribution in [0.2, 0.25) is 0 Å². The summed E-state index contributed by atoms with van der Waals surface area (Å²) in [7, 11) is 0. The van der Waals surface area contributed by atoms with E-state index in [1.807, 2.05) is 6.07 Å². The van der Waals surface area contributed by atoms with Crippen molar-refractivity contribution in [2.24, 2.45) is 0 Å². The van der Waals surface area contributed by atoms with Gasteiger partial charge in [0.2, 0.25) is 0 Å². The van der Waals surface area contributed by atoms with Crippen LogP contribution >= 0.6 is 11.6 Å². The number of nitrogen functional groups attached to an aromatic ring is 1. The smallest absolute Gasteiger partial charge is 0.120 e. The Kier molecular flexibility index (Phi) is 4.09. The van der Waals surface area contributed by atoms with Gasteiger partial charge in [-0.2, -0.15) is 5.26 Å². The van der Waals surface area contributed by atoms with Crippen molar-refractivity contribution in [1.29, 1.82) is 5.26 Å². The summed E-state index contributed by atoms with van der Waals surface area (Å²) < 4.78 is 5.35. The first-order valence-electron chi connectivity index (χ1n) is 4.26. The van der Waals surface area contributed by atoms with Gasteiger partial charge in [0.15, 0.2) is 0 Å². The van der Waals surface area contributed by atoms with Crippen molar-refractivity contribution in [3.63, 3.8) is 0 Å². The zero-order valence-corrected chi connectivity index (χ0v) is 8.42. The van der Waals surface area contributed by atoms with Crippen LogP contribution in [0.15, 0.2) is 18.2 Å². The van der Waals surface area contributed by atoms with Crippen LogP contribution in [0, 0.1) is 11.3 Å². The molecule has 0 aliphatic carbocycles. The molecule has 0 amide bonds. The Morgan fingerprint density at radius 2 is 2.29 bits per heavy atom. The van der Waals surface area contributed by atoms with Crippen molar-refractivity contribution in [3.8, 4) is 11.8 Å². The van der Waals surface area contributed by atoms with E-state index in [9.17, 15) is 0 Å². The highest BCUT2D eigenvalue weighted by Gasteiger charge is 2.00. The fraction of sp³-hybridized carbons (Fsp3) is 0.300. The summed E-state index contributed by atoms with van der Waals surface area (Å²) in [5, 5.41) is 8.71. The normalized spacial score (nSPS) is 9.43. The molecule has 1 aromatic carbocycles. The topological polar surface area (TPSA) is 59.0 Å². The highest BCUT2D eigenvalue weighted by Crippen LogP contribution is 2.18. The number of nitriles is 1. The molecule has 0 spiro atoms. The lowest BCUT2D eigenvalue weighted by atomic mass is 10.2. The van der Waals surface area contributed by atoms with Gasteiger partial charge in [-0.3, -0.25) is 0 Å². The molecule has 0 atom stereocenters. The van der Waals surface area contributed by atoms with Crippen molar-refractivity contribution in [1.82, 2.24) is 0 Å². The summed E-state index contributed by atoms with van der Waals surface area (Å²) in [6.07, 6.45) is 0.786. The largest absolute Gasteiger partial charge is 0.494 e. The second kappa shape index (κ2) is 5.36. The number of anilines is 1. The highest BCUT2D eigenvalue weighted by molar-refractivity contribution is 6.17. The molecule has 0 radical (unpaired) electrons. The summed E-state index contributed by atoms with van der Waals surface area (Å²) >= 11 is 5.50. The summed E-state index contributed by atoms with van der Waals surface area (Å²) in [4.78, 5) is 0. The second-order valence-corrected chi connectivity index (χ2v) is 3.13. The van der Waals surface area contributed by atoms with Gasteiger partial charge in [0.05, 0.1) is 12.2 Å². The van der Waals surface area contributed by atoms with Crippen LogP contribution in [0.1, 0.15) is 12.0 Å². The van der Waals surface area contributed by atoms with Gasteiger partial charge in [0, 0.05) is 11.6 Å². The Labute approximate surface area is 88.0 Å². The summed E-state index contributed by atoms with van der Waals surface area (Å²) in [6, 6.07) is 7.03. The highest BCUT2D eigenvalue weighted by atomic mass is 35.5. The van der Waals surface area contributed by atoms with E-state index in [0.717, 1.165) is 6.42 Å². The predicted molar refractivity (Wildman–Crippen MR) is 56.4 cm³/mol. The maximum atomic E-state index is 8.71. The molecular weight excluding hydrogens is 200 g/mol. The van der Waals surface area contributed by atoms with E-state index in [0.29, 0.717) is 29.5 Å². The zero-order valence-electron chi connectivity index (χ0n) is 7.66. The van der Waals surface area contributed by atoms with E-state index in [4.69, 9.17) is 27.3 Å². The second-order valence-electron chi connectivity index (χ2n) is 2.75. The molecule has 4 heteroatoms. The van der Waals surface area contributed by atoms with Gasteiger partial charge in [-0.25, -0.2) is 0 Å². The van der Waals surface area contributed by atoms with Crippen LogP contribution in [-0.2, 0) is 0 Å². The Balaban J connectivity index is 2.66. The van der Waals surface area contributed by atoms with Gasteiger partial charge >= 0.3 is 0 Å². The van der Waals surface area contributed by atoms with Crippen LogP contribution in [0.3, 0.4) is 0 Å². The molecule has 0 unspecified atom stereocenters. The number of halogens is 1. The molecule has 2 N–H and O–H groups in total. The van der Waals surface area contributed by atoms with Gasteiger partial charge in [-0.15, -0.1) is 11.6 Å². The van der Waals surface area contributed by atoms with Crippen molar-refractivity contribution in [2.75, 3.05) is 18.2 Å². The average molecular weight is 211 g/mol. The van der Waals surface area contributed by atoms with Gasteiger partial charge in [-0.05, 0) is 24.6 Å². The molecule has 3 nitrogen and oxygen atoms in total. The van der Waals surface area contributed by atoms with Crippen molar-refractivity contribution in [3.05, 3.63) is 23.8 Å². The van der Waals surface area contributed by atoms with Crippen molar-refractivity contribution in [2.45, 2.75) is 6.42 Å². The van der Waals surface area contributed by atoms with Gasteiger partial charge in [-0.1, -0.05) is 0 Å². The lowest BCUT2D eigenvalue weighted by molar-refractivity contribution is 0.318. The van der Waals surface area contributed by atoms with Crippen molar-refractivity contribution < 1.29 is 4.74 Å². The van der Waals surface area contributed by atoms with Crippen LogP contribution in [-0.4, -0.2) is 12.5 Å². The average Bonchev–Trinajstić information content (AvgIpc) is 2.21. The summed E-state index contributed by atoms with van der Waals surface area (Å²) in [5.74, 6) is 1.22. The third-order valence-corrected chi connectivity index (χ3v) is 1.96. The minimum absolute atomic E-state index is 0.438. The number of hydrogen-bond acceptors (Lipinski definition) is 3. The SMILES string of the molecule is N#Cc1cc(OCCCCl)ccc1N. The number of ether oxygens (including phenoxy) is 1. The van der Waals surface area contributed by atoms with E-state index >= 15 is 0 Å². The van der Waals surface area contributed by atoms with Crippen LogP contribution in [0.5, 0.6) is 5.75 Å². The van der Waals surface area contributed by atoms with E-state index in [1.54, 1.807) is 18.2 Å². The molecule has 0 aromatic heterocycles. The molecule has 0 saturated carbocycles. The fourth-order valence-electron chi connectivity index (χ4n) is 0.967. The minimum Gasteiger partial charge on any atom is -0.494 e. The molecule has 0 aliphatic heterocycles. The first kappa shape index (κ1) is 10.7. The number of nitrogens with two attached hydrogens (primary N) is 1. The molecule has 0 heterocycles. The molecule has 1 rings (SSSR count).